The third kappa shape index (κ3) is 6.83. The molecular weight excluding hydrogens is 482 g/mol. The van der Waals surface area contributed by atoms with E-state index in [2.05, 4.69) is 22.8 Å². The fraction of sp³-hybridized carbons (Fsp3) is 0.600. The Hall–Kier alpha value is -3.16. The molecule has 1 saturated carbocycles. The molecule has 0 bridgehead atoms. The van der Waals surface area contributed by atoms with Crippen LogP contribution in [0.4, 0.5) is 4.79 Å². The molecule has 0 radical (unpaired) electrons. The van der Waals surface area contributed by atoms with E-state index in [1.807, 2.05) is 30.0 Å². The van der Waals surface area contributed by atoms with E-state index in [4.69, 9.17) is 4.74 Å². The lowest BCUT2D eigenvalue weighted by Crippen LogP contribution is -2.55. The number of ether oxygens (including phenoxy) is 1. The highest BCUT2D eigenvalue weighted by Crippen LogP contribution is 2.35. The largest absolute Gasteiger partial charge is 0.444 e. The molecule has 3 unspecified atom stereocenters. The Morgan fingerprint density at radius 3 is 2.29 bits per heavy atom. The van der Waals surface area contributed by atoms with Crippen LogP contribution >= 0.6 is 0 Å². The number of nitrogens with one attached hydrogen (secondary N) is 2. The molecule has 0 aromatic heterocycles. The number of allylic oxidation sites excluding steroid dienone is 1. The lowest BCUT2D eigenvalue weighted by Gasteiger charge is -2.34. The van der Waals surface area contributed by atoms with Crippen molar-refractivity contribution >= 4 is 24.1 Å². The molecule has 1 aromatic carbocycles. The molecule has 0 spiro atoms. The summed E-state index contributed by atoms with van der Waals surface area (Å²) >= 11 is 0. The van der Waals surface area contributed by atoms with Crippen molar-refractivity contribution in [1.82, 2.24) is 15.5 Å². The third-order valence-electron chi connectivity index (χ3n) is 7.76. The van der Waals surface area contributed by atoms with Gasteiger partial charge < -0.3 is 20.3 Å². The summed E-state index contributed by atoms with van der Waals surface area (Å²) in [5, 5.41) is 6.24. The van der Waals surface area contributed by atoms with E-state index in [9.17, 15) is 19.2 Å². The monoisotopic (exact) mass is 523 g/mol. The Labute approximate surface area is 225 Å². The van der Waals surface area contributed by atoms with Crippen molar-refractivity contribution in [2.45, 2.75) is 96.4 Å². The molecule has 8 heteroatoms. The molecule has 38 heavy (non-hydrogen) atoms. The molecule has 2 N–H and O–H groups in total. The van der Waals surface area contributed by atoms with Gasteiger partial charge in [0.1, 0.15) is 11.6 Å². The van der Waals surface area contributed by atoms with Crippen LogP contribution in [-0.2, 0) is 32.0 Å². The van der Waals surface area contributed by atoms with Crippen LogP contribution in [0.2, 0.25) is 0 Å². The second-order valence-electron chi connectivity index (χ2n) is 11.9. The lowest BCUT2D eigenvalue weighted by atomic mass is 9.94. The smallest absolute Gasteiger partial charge is 0.408 e. The van der Waals surface area contributed by atoms with Gasteiger partial charge in [-0.3, -0.25) is 14.4 Å². The minimum atomic E-state index is -0.741. The molecule has 1 aliphatic heterocycles. The Kier molecular flexibility index (Phi) is 8.58. The van der Waals surface area contributed by atoms with Gasteiger partial charge in [-0.25, -0.2) is 4.79 Å². The van der Waals surface area contributed by atoms with Gasteiger partial charge in [-0.2, -0.15) is 0 Å². The molecule has 4 rings (SSSR count). The highest BCUT2D eigenvalue weighted by atomic mass is 16.6. The number of rotatable bonds is 10. The summed E-state index contributed by atoms with van der Waals surface area (Å²) in [6, 6.07) is 6.58. The summed E-state index contributed by atoms with van der Waals surface area (Å²) in [4.78, 5) is 52.5. The molecule has 3 atom stereocenters. The van der Waals surface area contributed by atoms with E-state index in [1.165, 1.54) is 11.1 Å². The first-order valence-corrected chi connectivity index (χ1v) is 13.9. The zero-order chi connectivity index (χ0) is 27.4. The number of carbonyl (C=O) groups excluding carboxylic acids is 4. The first-order chi connectivity index (χ1) is 18.1. The van der Waals surface area contributed by atoms with E-state index in [0.29, 0.717) is 38.0 Å². The Balaban J connectivity index is 1.54. The number of ketones is 1. The van der Waals surface area contributed by atoms with Crippen LogP contribution < -0.4 is 10.6 Å². The summed E-state index contributed by atoms with van der Waals surface area (Å²) in [6.07, 6.45) is 7.42. The van der Waals surface area contributed by atoms with E-state index in [1.54, 1.807) is 20.8 Å². The Bertz CT molecular complexity index is 1060. The number of fused-ring (bicyclic) bond motifs is 1. The zero-order valence-corrected chi connectivity index (χ0v) is 23.0. The molecule has 2 fully saturated rings. The van der Waals surface area contributed by atoms with E-state index in [-0.39, 0.29) is 17.9 Å². The molecule has 206 valence electrons. The van der Waals surface area contributed by atoms with Crippen LogP contribution in [-0.4, -0.2) is 59.2 Å². The molecule has 2 amide bonds. The van der Waals surface area contributed by atoms with Gasteiger partial charge in [0.2, 0.25) is 11.7 Å². The van der Waals surface area contributed by atoms with Crippen molar-refractivity contribution in [2.24, 2.45) is 11.8 Å². The van der Waals surface area contributed by atoms with Crippen molar-refractivity contribution in [1.29, 1.82) is 0 Å². The first kappa shape index (κ1) is 27.9. The second-order valence-corrected chi connectivity index (χ2v) is 11.9. The van der Waals surface area contributed by atoms with Crippen molar-refractivity contribution in [2.75, 3.05) is 6.54 Å². The molecule has 1 saturated heterocycles. The first-order valence-electron chi connectivity index (χ1n) is 13.9. The van der Waals surface area contributed by atoms with Crippen molar-refractivity contribution in [3.63, 3.8) is 0 Å². The molecular formula is C30H41N3O5. The number of Topliss-reactive ketones (excluding diaryl/α,β-unsaturated/α-hetero) is 1. The minimum Gasteiger partial charge on any atom is -0.444 e. The number of benzene rings is 1. The molecule has 3 aliphatic rings. The molecule has 1 aromatic rings. The maximum Gasteiger partial charge on any atom is 0.408 e. The topological polar surface area (TPSA) is 105 Å². The Morgan fingerprint density at radius 1 is 1.08 bits per heavy atom. The fourth-order valence-corrected chi connectivity index (χ4v) is 5.77. The summed E-state index contributed by atoms with van der Waals surface area (Å²) in [5.74, 6) is -0.227. The normalized spacial score (nSPS) is 21.4. The van der Waals surface area contributed by atoms with Crippen LogP contribution in [0.15, 0.2) is 36.0 Å². The standard InChI is InChI=1S/C30H41N3O5/c1-5-23(31-24(26(35)18-34)15-19-12-13-19)25-11-8-14-33(25)28(36)27(32-29(37)38-30(2,3)4)22-16-20-9-6-7-10-21(20)17-22/h5-7,9-10,18-19,22,24-25,27,31H,8,11-17H2,1-4H3,(H,32,37)/b23-5-. The summed E-state index contributed by atoms with van der Waals surface area (Å²) in [7, 11) is 0. The average Bonchev–Trinajstić information content (AvgIpc) is 3.37. The van der Waals surface area contributed by atoms with E-state index in [0.717, 1.165) is 31.4 Å². The van der Waals surface area contributed by atoms with E-state index < -0.39 is 29.6 Å². The Morgan fingerprint density at radius 2 is 1.74 bits per heavy atom. The van der Waals surface area contributed by atoms with Crippen LogP contribution in [0.25, 0.3) is 0 Å². The quantitative estimate of drug-likeness (QED) is 0.358. The number of aldehydes is 1. The number of nitrogens with zero attached hydrogens (tertiary/aromatic N) is 1. The summed E-state index contributed by atoms with van der Waals surface area (Å²) in [6.45, 7) is 7.84. The number of hydrogen-bond donors (Lipinski definition) is 2. The van der Waals surface area contributed by atoms with Gasteiger partial charge in [-0.05, 0) is 82.8 Å². The number of carbonyl (C=O) groups is 4. The van der Waals surface area contributed by atoms with Gasteiger partial charge in [0.05, 0.1) is 12.1 Å². The maximum atomic E-state index is 14.2. The molecule has 8 nitrogen and oxygen atoms in total. The summed E-state index contributed by atoms with van der Waals surface area (Å²) in [5.41, 5.74) is 2.49. The minimum absolute atomic E-state index is 0.0880. The average molecular weight is 524 g/mol. The van der Waals surface area contributed by atoms with Crippen molar-refractivity contribution < 1.29 is 23.9 Å². The van der Waals surface area contributed by atoms with Crippen LogP contribution in [0.5, 0.6) is 0 Å². The van der Waals surface area contributed by atoms with Crippen LogP contribution in [0.3, 0.4) is 0 Å². The van der Waals surface area contributed by atoms with Gasteiger partial charge >= 0.3 is 6.09 Å². The predicted molar refractivity (Wildman–Crippen MR) is 144 cm³/mol. The molecule has 2 aliphatic carbocycles. The predicted octanol–water partition coefficient (Wildman–Crippen LogP) is 3.72. The number of hydrogen-bond acceptors (Lipinski definition) is 6. The van der Waals surface area contributed by atoms with Gasteiger partial charge in [0, 0.05) is 12.2 Å². The second kappa shape index (κ2) is 11.7. The fourth-order valence-electron chi connectivity index (χ4n) is 5.77. The highest BCUT2D eigenvalue weighted by Gasteiger charge is 2.42. The van der Waals surface area contributed by atoms with Crippen LogP contribution in [0.1, 0.15) is 70.9 Å². The number of amides is 2. The van der Waals surface area contributed by atoms with Crippen LogP contribution in [0, 0.1) is 11.8 Å². The maximum absolute atomic E-state index is 14.2. The lowest BCUT2D eigenvalue weighted by molar-refractivity contribution is -0.135. The van der Waals surface area contributed by atoms with Gasteiger partial charge in [0.15, 0.2) is 6.29 Å². The summed E-state index contributed by atoms with van der Waals surface area (Å²) < 4.78 is 5.53. The highest BCUT2D eigenvalue weighted by molar-refractivity contribution is 6.27. The van der Waals surface area contributed by atoms with Crippen molar-refractivity contribution in [3.8, 4) is 0 Å². The van der Waals surface area contributed by atoms with Gasteiger partial charge in [-0.15, -0.1) is 0 Å². The number of alkyl carbamates (subject to hydrolysis) is 1. The van der Waals surface area contributed by atoms with Crippen molar-refractivity contribution in [3.05, 3.63) is 47.2 Å². The number of likely N-dealkylation sites (tertiary alicyclic amines) is 1. The van der Waals surface area contributed by atoms with Gasteiger partial charge in [0.25, 0.3) is 0 Å². The third-order valence-corrected chi connectivity index (χ3v) is 7.76. The zero-order valence-electron chi connectivity index (χ0n) is 23.0. The SMILES string of the molecule is C/C=C(\NC(CC1CC1)C(=O)C=O)C1CCCN1C(=O)C(NC(=O)OC(C)(C)C)C1Cc2ccccc2C1. The molecule has 1 heterocycles. The van der Waals surface area contributed by atoms with E-state index >= 15 is 0 Å². The van der Waals surface area contributed by atoms with Gasteiger partial charge in [-0.1, -0.05) is 43.2 Å².